The number of ether oxygens (including phenoxy) is 1. The van der Waals surface area contributed by atoms with Crippen molar-refractivity contribution in [2.24, 2.45) is 5.73 Å². The molecule has 100 valence electrons. The number of hydrogen-bond donors (Lipinski definition) is 1. The molecule has 1 unspecified atom stereocenters. The van der Waals surface area contributed by atoms with Gasteiger partial charge in [0.1, 0.15) is 0 Å². The average Bonchev–Trinajstić information content (AvgIpc) is 2.38. The molecular weight excluding hydrogens is 292 g/mol. The molecule has 0 aliphatic carbocycles. The normalized spacial score (nSPS) is 22.0. The summed E-state index contributed by atoms with van der Waals surface area (Å²) in [7, 11) is 0. The van der Waals surface area contributed by atoms with Gasteiger partial charge in [-0.25, -0.2) is 0 Å². The monoisotopic (exact) mass is 312 g/mol. The van der Waals surface area contributed by atoms with Gasteiger partial charge in [-0.15, -0.1) is 0 Å². The number of morpholine rings is 1. The Hall–Kier alpha value is -0.580. The van der Waals surface area contributed by atoms with Crippen LogP contribution in [0.2, 0.25) is 0 Å². The van der Waals surface area contributed by atoms with Gasteiger partial charge in [-0.05, 0) is 31.0 Å². The molecule has 4 heteroatoms. The van der Waals surface area contributed by atoms with Crippen LogP contribution in [0.25, 0.3) is 0 Å². The molecule has 1 aliphatic heterocycles. The largest absolute Gasteiger partial charge is 0.377 e. The molecule has 0 spiro atoms. The van der Waals surface area contributed by atoms with Crippen molar-refractivity contribution in [3.63, 3.8) is 0 Å². The molecule has 3 nitrogen and oxygen atoms in total. The highest BCUT2D eigenvalue weighted by molar-refractivity contribution is 9.10. The lowest BCUT2D eigenvalue weighted by Gasteiger charge is -2.37. The van der Waals surface area contributed by atoms with E-state index in [4.69, 9.17) is 10.5 Å². The first-order chi connectivity index (χ1) is 8.63. The minimum Gasteiger partial charge on any atom is -0.377 e. The highest BCUT2D eigenvalue weighted by atomic mass is 79.9. The molecule has 1 aromatic carbocycles. The molecule has 0 radical (unpaired) electrons. The fourth-order valence-corrected chi connectivity index (χ4v) is 3.12. The summed E-state index contributed by atoms with van der Waals surface area (Å²) in [5.41, 5.74) is 8.34. The summed E-state index contributed by atoms with van der Waals surface area (Å²) in [5, 5.41) is 0. The molecule has 2 atom stereocenters. The van der Waals surface area contributed by atoms with E-state index in [9.17, 15) is 0 Å². The maximum Gasteiger partial charge on any atom is 0.0670 e. The van der Waals surface area contributed by atoms with Crippen molar-refractivity contribution >= 4 is 21.6 Å². The van der Waals surface area contributed by atoms with Gasteiger partial charge in [0.25, 0.3) is 0 Å². The van der Waals surface area contributed by atoms with Gasteiger partial charge >= 0.3 is 0 Å². The Kier molecular flexibility index (Phi) is 4.65. The van der Waals surface area contributed by atoms with Crippen LogP contribution >= 0.6 is 15.9 Å². The SMILES string of the molecule is CCC1COCCN1c1ccc([C@H](C)N)c(Br)c1. The second-order valence-electron chi connectivity index (χ2n) is 4.82. The molecule has 1 fully saturated rings. The van der Waals surface area contributed by atoms with E-state index in [-0.39, 0.29) is 6.04 Å². The molecule has 1 aliphatic rings. The van der Waals surface area contributed by atoms with Gasteiger partial charge in [0.2, 0.25) is 0 Å². The molecule has 1 heterocycles. The quantitative estimate of drug-likeness (QED) is 0.932. The molecule has 1 aromatic rings. The molecule has 0 aromatic heterocycles. The summed E-state index contributed by atoms with van der Waals surface area (Å²) in [6.45, 7) is 6.80. The maximum absolute atomic E-state index is 5.93. The van der Waals surface area contributed by atoms with Crippen LogP contribution in [-0.4, -0.2) is 25.8 Å². The molecule has 0 saturated carbocycles. The van der Waals surface area contributed by atoms with E-state index < -0.39 is 0 Å². The van der Waals surface area contributed by atoms with Crippen molar-refractivity contribution in [1.82, 2.24) is 0 Å². The average molecular weight is 313 g/mol. The standard InChI is InChI=1S/C14H21BrN2O/c1-3-11-9-18-7-6-17(11)12-4-5-13(10(2)16)14(15)8-12/h4-5,8,10-11H,3,6-7,9,16H2,1-2H3/t10-,11?/m0/s1. The Morgan fingerprint density at radius 2 is 2.33 bits per heavy atom. The smallest absolute Gasteiger partial charge is 0.0670 e. The summed E-state index contributed by atoms with van der Waals surface area (Å²) in [4.78, 5) is 2.43. The van der Waals surface area contributed by atoms with Crippen molar-refractivity contribution in [2.75, 3.05) is 24.7 Å². The van der Waals surface area contributed by atoms with Crippen molar-refractivity contribution in [3.05, 3.63) is 28.2 Å². The number of halogens is 1. The third-order valence-electron chi connectivity index (χ3n) is 3.51. The van der Waals surface area contributed by atoms with Crippen molar-refractivity contribution < 1.29 is 4.74 Å². The van der Waals surface area contributed by atoms with Crippen molar-refractivity contribution in [2.45, 2.75) is 32.4 Å². The highest BCUT2D eigenvalue weighted by Gasteiger charge is 2.22. The van der Waals surface area contributed by atoms with E-state index >= 15 is 0 Å². The van der Waals surface area contributed by atoms with Gasteiger partial charge < -0.3 is 15.4 Å². The van der Waals surface area contributed by atoms with Crippen molar-refractivity contribution in [1.29, 1.82) is 0 Å². The molecule has 0 bridgehead atoms. The predicted octanol–water partition coefficient (Wildman–Crippen LogP) is 3.08. The van der Waals surface area contributed by atoms with Gasteiger partial charge in [0.15, 0.2) is 0 Å². The zero-order valence-corrected chi connectivity index (χ0v) is 12.6. The lowest BCUT2D eigenvalue weighted by atomic mass is 10.1. The first-order valence-electron chi connectivity index (χ1n) is 6.53. The van der Waals surface area contributed by atoms with E-state index in [0.29, 0.717) is 6.04 Å². The van der Waals surface area contributed by atoms with Crippen LogP contribution in [0.15, 0.2) is 22.7 Å². The second-order valence-corrected chi connectivity index (χ2v) is 5.68. The Bertz CT molecular complexity index is 409. The molecule has 2 rings (SSSR count). The van der Waals surface area contributed by atoms with Crippen molar-refractivity contribution in [3.8, 4) is 0 Å². The maximum atomic E-state index is 5.93. The van der Waals surface area contributed by atoms with Crippen LogP contribution in [0.5, 0.6) is 0 Å². The molecular formula is C14H21BrN2O. The van der Waals surface area contributed by atoms with Crippen LogP contribution in [0, 0.1) is 0 Å². The van der Waals surface area contributed by atoms with E-state index in [1.54, 1.807) is 0 Å². The van der Waals surface area contributed by atoms with E-state index in [0.717, 1.165) is 36.2 Å². The third kappa shape index (κ3) is 2.87. The molecule has 18 heavy (non-hydrogen) atoms. The summed E-state index contributed by atoms with van der Waals surface area (Å²) < 4.78 is 6.64. The van der Waals surface area contributed by atoms with Gasteiger partial charge in [-0.3, -0.25) is 0 Å². The Morgan fingerprint density at radius 1 is 1.56 bits per heavy atom. The van der Waals surface area contributed by atoms with Gasteiger partial charge in [0.05, 0.1) is 19.3 Å². The van der Waals surface area contributed by atoms with Crippen LogP contribution in [0.3, 0.4) is 0 Å². The summed E-state index contributed by atoms with van der Waals surface area (Å²) in [5.74, 6) is 0. The highest BCUT2D eigenvalue weighted by Crippen LogP contribution is 2.29. The molecule has 1 saturated heterocycles. The third-order valence-corrected chi connectivity index (χ3v) is 4.19. The number of rotatable bonds is 3. The Balaban J connectivity index is 2.24. The minimum absolute atomic E-state index is 0.0556. The fraction of sp³-hybridized carbons (Fsp3) is 0.571. The van der Waals surface area contributed by atoms with Gasteiger partial charge in [-0.1, -0.05) is 28.9 Å². The van der Waals surface area contributed by atoms with Crippen LogP contribution in [0.1, 0.15) is 31.9 Å². The lowest BCUT2D eigenvalue weighted by Crippen LogP contribution is -2.45. The number of nitrogens with zero attached hydrogens (tertiary/aromatic N) is 1. The summed E-state index contributed by atoms with van der Waals surface area (Å²) in [6.07, 6.45) is 1.10. The summed E-state index contributed by atoms with van der Waals surface area (Å²) >= 11 is 3.62. The Morgan fingerprint density at radius 3 is 2.94 bits per heavy atom. The lowest BCUT2D eigenvalue weighted by molar-refractivity contribution is 0.0930. The molecule has 0 amide bonds. The van der Waals surface area contributed by atoms with Gasteiger partial charge in [-0.2, -0.15) is 0 Å². The Labute approximate surface area is 117 Å². The zero-order valence-electron chi connectivity index (χ0n) is 11.0. The number of benzene rings is 1. The predicted molar refractivity (Wildman–Crippen MR) is 79.0 cm³/mol. The molecule has 2 N–H and O–H groups in total. The minimum atomic E-state index is 0.0556. The topological polar surface area (TPSA) is 38.5 Å². The van der Waals surface area contributed by atoms with Crippen LogP contribution in [0.4, 0.5) is 5.69 Å². The van der Waals surface area contributed by atoms with E-state index in [1.807, 2.05) is 6.92 Å². The number of hydrogen-bond acceptors (Lipinski definition) is 3. The van der Waals surface area contributed by atoms with Gasteiger partial charge in [0, 0.05) is 22.7 Å². The first-order valence-corrected chi connectivity index (χ1v) is 7.32. The second kappa shape index (κ2) is 6.04. The number of anilines is 1. The van der Waals surface area contributed by atoms with Crippen LogP contribution < -0.4 is 10.6 Å². The zero-order chi connectivity index (χ0) is 13.1. The number of nitrogens with two attached hydrogens (primary N) is 1. The first kappa shape index (κ1) is 13.8. The van der Waals surface area contributed by atoms with E-state index in [2.05, 4.69) is 46.0 Å². The summed E-state index contributed by atoms with van der Waals surface area (Å²) in [6, 6.07) is 6.99. The van der Waals surface area contributed by atoms with Crippen LogP contribution in [-0.2, 0) is 4.74 Å². The fourth-order valence-electron chi connectivity index (χ4n) is 2.40. The van der Waals surface area contributed by atoms with E-state index in [1.165, 1.54) is 5.69 Å².